The molecule has 3 unspecified atom stereocenters. The van der Waals surface area contributed by atoms with Crippen LogP contribution >= 0.6 is 0 Å². The van der Waals surface area contributed by atoms with E-state index in [1.807, 2.05) is 0 Å². The van der Waals surface area contributed by atoms with Gasteiger partial charge in [0.25, 0.3) is 0 Å². The summed E-state index contributed by atoms with van der Waals surface area (Å²) in [6, 6.07) is 1.70. The molecule has 1 aromatic rings. The Kier molecular flexibility index (Phi) is 1.79. The summed E-state index contributed by atoms with van der Waals surface area (Å²) in [6.45, 7) is 1.98. The average molecular weight is 235 g/mol. The van der Waals surface area contributed by atoms with Crippen molar-refractivity contribution >= 4 is 5.69 Å². The van der Waals surface area contributed by atoms with E-state index in [1.54, 1.807) is 6.07 Å². The predicted octanol–water partition coefficient (Wildman–Crippen LogP) is 1.19. The molecule has 3 fully saturated rings. The quantitative estimate of drug-likeness (QED) is 0.467. The second kappa shape index (κ2) is 3.13. The van der Waals surface area contributed by atoms with Crippen molar-refractivity contribution in [3.8, 4) is 5.75 Å². The summed E-state index contributed by atoms with van der Waals surface area (Å²) in [7, 11) is 0. The van der Waals surface area contributed by atoms with Crippen LogP contribution in [0.1, 0.15) is 35.0 Å². The molecule has 3 heterocycles. The first-order valence-corrected chi connectivity index (χ1v) is 5.75. The smallest absolute Gasteiger partial charge is 0.122 e. The van der Waals surface area contributed by atoms with E-state index in [4.69, 9.17) is 19.9 Å². The number of rotatable bonds is 3. The van der Waals surface area contributed by atoms with Crippen LogP contribution in [0.4, 0.5) is 5.69 Å². The molecule has 0 amide bonds. The summed E-state index contributed by atoms with van der Waals surface area (Å²) in [5.41, 5.74) is 9.44. The van der Waals surface area contributed by atoms with Crippen molar-refractivity contribution in [1.29, 1.82) is 0 Å². The monoisotopic (exact) mass is 235 g/mol. The van der Waals surface area contributed by atoms with Gasteiger partial charge in [0.1, 0.15) is 24.1 Å². The lowest BCUT2D eigenvalue weighted by atomic mass is 9.94. The van der Waals surface area contributed by atoms with E-state index in [0.29, 0.717) is 25.5 Å². The maximum Gasteiger partial charge on any atom is 0.122 e. The summed E-state index contributed by atoms with van der Waals surface area (Å²) in [5.74, 6) is 0.248. The van der Waals surface area contributed by atoms with Crippen LogP contribution in [0.2, 0.25) is 0 Å². The number of anilines is 1. The maximum atomic E-state index is 10.1. The van der Waals surface area contributed by atoms with Crippen molar-refractivity contribution in [1.82, 2.24) is 0 Å². The van der Waals surface area contributed by atoms with Gasteiger partial charge in [0, 0.05) is 22.4 Å². The van der Waals surface area contributed by atoms with Gasteiger partial charge in [0.05, 0.1) is 19.8 Å². The summed E-state index contributed by atoms with van der Waals surface area (Å²) < 4.78 is 15.8. The van der Waals surface area contributed by atoms with Gasteiger partial charge < -0.3 is 25.1 Å². The lowest BCUT2D eigenvalue weighted by Crippen LogP contribution is -2.04. The molecule has 0 aliphatic carbocycles. The number of phenolic OH excluding ortho intramolecular Hbond substituents is 1. The molecule has 0 saturated carbocycles. The average Bonchev–Trinajstić information content (AvgIpc) is 3.13. The second-order valence-electron chi connectivity index (χ2n) is 4.69. The molecule has 17 heavy (non-hydrogen) atoms. The van der Waals surface area contributed by atoms with Crippen molar-refractivity contribution in [2.24, 2.45) is 0 Å². The molecule has 3 saturated heterocycles. The normalized spacial score (nSPS) is 33.5. The summed E-state index contributed by atoms with van der Waals surface area (Å²) in [6.07, 6.45) is 0.0250. The Morgan fingerprint density at radius 1 is 1.00 bits per heavy atom. The van der Waals surface area contributed by atoms with Crippen molar-refractivity contribution < 1.29 is 19.3 Å². The van der Waals surface area contributed by atoms with Crippen molar-refractivity contribution in [3.05, 3.63) is 22.8 Å². The number of nitrogens with two attached hydrogens (primary N) is 1. The van der Waals surface area contributed by atoms with Crippen LogP contribution < -0.4 is 5.73 Å². The fourth-order valence-corrected chi connectivity index (χ4v) is 2.35. The Hall–Kier alpha value is -1.30. The highest BCUT2D eigenvalue weighted by Crippen LogP contribution is 2.50. The van der Waals surface area contributed by atoms with E-state index in [2.05, 4.69) is 0 Å². The highest BCUT2D eigenvalue weighted by Gasteiger charge is 2.41. The molecule has 5 nitrogen and oxygen atoms in total. The van der Waals surface area contributed by atoms with Crippen LogP contribution in [0, 0.1) is 0 Å². The SMILES string of the molecule is Nc1c(C2CO2)cc(O)c(C2CO2)c1C1CO1. The van der Waals surface area contributed by atoms with E-state index in [9.17, 15) is 5.11 Å². The standard InChI is InChI=1S/C12H13NO4/c13-12-5(7-2-15-7)1-6(14)10(8-3-16-8)11(12)9-4-17-9/h1,7-9,14H,2-4,13H2. The van der Waals surface area contributed by atoms with Crippen LogP contribution in [0.3, 0.4) is 0 Å². The van der Waals surface area contributed by atoms with Crippen LogP contribution in [0.15, 0.2) is 6.07 Å². The number of epoxide rings is 3. The Labute approximate surface area is 98.1 Å². The number of hydrogen-bond acceptors (Lipinski definition) is 5. The van der Waals surface area contributed by atoms with Gasteiger partial charge in [0.2, 0.25) is 0 Å². The molecule has 3 aliphatic rings. The molecule has 5 heteroatoms. The fraction of sp³-hybridized carbons (Fsp3) is 0.500. The third-order valence-corrected chi connectivity index (χ3v) is 3.45. The second-order valence-corrected chi connectivity index (χ2v) is 4.69. The van der Waals surface area contributed by atoms with Gasteiger partial charge in [-0.15, -0.1) is 0 Å². The van der Waals surface area contributed by atoms with E-state index in [-0.39, 0.29) is 24.1 Å². The van der Waals surface area contributed by atoms with Crippen LogP contribution in [0.5, 0.6) is 5.75 Å². The Morgan fingerprint density at radius 2 is 1.53 bits per heavy atom. The zero-order valence-electron chi connectivity index (χ0n) is 9.18. The van der Waals surface area contributed by atoms with Gasteiger partial charge >= 0.3 is 0 Å². The number of benzene rings is 1. The Bertz CT molecular complexity index is 490. The lowest BCUT2D eigenvalue weighted by Gasteiger charge is -2.14. The lowest BCUT2D eigenvalue weighted by molar-refractivity contribution is 0.385. The van der Waals surface area contributed by atoms with Crippen LogP contribution in [0.25, 0.3) is 0 Å². The van der Waals surface area contributed by atoms with Gasteiger partial charge in [0.15, 0.2) is 0 Å². The first kappa shape index (κ1) is 9.70. The van der Waals surface area contributed by atoms with Crippen LogP contribution in [-0.4, -0.2) is 24.9 Å². The molecule has 90 valence electrons. The topological polar surface area (TPSA) is 83.8 Å². The van der Waals surface area contributed by atoms with E-state index in [1.165, 1.54) is 0 Å². The highest BCUT2D eigenvalue weighted by atomic mass is 16.6. The highest BCUT2D eigenvalue weighted by molar-refractivity contribution is 5.65. The molecule has 3 aliphatic heterocycles. The third-order valence-electron chi connectivity index (χ3n) is 3.45. The molecular formula is C12H13NO4. The van der Waals surface area contributed by atoms with Crippen LogP contribution in [-0.2, 0) is 14.2 Å². The Balaban J connectivity index is 1.90. The first-order chi connectivity index (χ1) is 8.25. The molecule has 3 atom stereocenters. The van der Waals surface area contributed by atoms with E-state index in [0.717, 1.165) is 16.7 Å². The minimum Gasteiger partial charge on any atom is -0.508 e. The summed E-state index contributed by atoms with van der Waals surface area (Å²) >= 11 is 0. The zero-order valence-corrected chi connectivity index (χ0v) is 9.18. The summed E-state index contributed by atoms with van der Waals surface area (Å²) in [5, 5.41) is 10.1. The molecule has 4 rings (SSSR count). The Morgan fingerprint density at radius 3 is 2.06 bits per heavy atom. The van der Waals surface area contributed by atoms with Crippen molar-refractivity contribution in [2.45, 2.75) is 18.3 Å². The minimum atomic E-state index is -0.0225. The fourth-order valence-electron chi connectivity index (χ4n) is 2.35. The first-order valence-electron chi connectivity index (χ1n) is 5.75. The largest absolute Gasteiger partial charge is 0.508 e. The molecule has 0 bridgehead atoms. The van der Waals surface area contributed by atoms with E-state index >= 15 is 0 Å². The van der Waals surface area contributed by atoms with Gasteiger partial charge in [-0.2, -0.15) is 0 Å². The maximum absolute atomic E-state index is 10.1. The molecule has 3 N–H and O–H groups in total. The third kappa shape index (κ3) is 1.50. The molecule has 0 radical (unpaired) electrons. The van der Waals surface area contributed by atoms with Gasteiger partial charge in [-0.3, -0.25) is 0 Å². The number of aromatic hydroxyl groups is 1. The minimum absolute atomic E-state index is 0.0128. The molecule has 1 aromatic carbocycles. The molecular weight excluding hydrogens is 222 g/mol. The van der Waals surface area contributed by atoms with Gasteiger partial charge in [-0.05, 0) is 6.07 Å². The van der Waals surface area contributed by atoms with E-state index < -0.39 is 0 Å². The zero-order chi connectivity index (χ0) is 11.6. The summed E-state index contributed by atoms with van der Waals surface area (Å²) in [4.78, 5) is 0. The number of ether oxygens (including phenoxy) is 3. The van der Waals surface area contributed by atoms with Gasteiger partial charge in [-0.25, -0.2) is 0 Å². The van der Waals surface area contributed by atoms with Crippen molar-refractivity contribution in [2.75, 3.05) is 25.6 Å². The number of phenols is 1. The number of hydrogen-bond donors (Lipinski definition) is 2. The molecule has 0 spiro atoms. The molecule has 0 aromatic heterocycles. The van der Waals surface area contributed by atoms with Gasteiger partial charge in [-0.1, -0.05) is 0 Å². The predicted molar refractivity (Wildman–Crippen MR) is 58.6 cm³/mol. The van der Waals surface area contributed by atoms with Crippen molar-refractivity contribution in [3.63, 3.8) is 0 Å². The number of nitrogen functional groups attached to an aromatic ring is 1.